The molecule has 1 aliphatic rings. The highest BCUT2D eigenvalue weighted by Crippen LogP contribution is 2.26. The number of methoxy groups -OCH3 is 1. The molecule has 1 aromatic rings. The van der Waals surface area contributed by atoms with Crippen LogP contribution >= 0.6 is 0 Å². The summed E-state index contributed by atoms with van der Waals surface area (Å²) in [6.07, 6.45) is 3.94. The summed E-state index contributed by atoms with van der Waals surface area (Å²) in [5.41, 5.74) is 1.10. The van der Waals surface area contributed by atoms with Crippen LogP contribution in [0.15, 0.2) is 18.2 Å². The second-order valence-corrected chi connectivity index (χ2v) is 4.63. The molecule has 1 fully saturated rings. The molecule has 2 rings (SSSR count). The molecular weight excluding hydrogens is 230 g/mol. The Morgan fingerprint density at radius 2 is 2.33 bits per heavy atom. The summed E-state index contributed by atoms with van der Waals surface area (Å²) in [5, 5.41) is 12.9. The van der Waals surface area contributed by atoms with Crippen LogP contribution in [-0.2, 0) is 11.3 Å². The minimum atomic E-state index is 0.178. The molecule has 1 atom stereocenters. The molecule has 2 N–H and O–H groups in total. The van der Waals surface area contributed by atoms with Crippen LogP contribution < -0.4 is 10.1 Å². The maximum atomic E-state index is 9.50. The van der Waals surface area contributed by atoms with E-state index < -0.39 is 0 Å². The predicted molar refractivity (Wildman–Crippen MR) is 70.0 cm³/mol. The van der Waals surface area contributed by atoms with E-state index in [9.17, 15) is 5.11 Å². The maximum Gasteiger partial charge on any atom is 0.160 e. The molecule has 0 bridgehead atoms. The average Bonchev–Trinajstić information content (AvgIpc) is 2.42. The number of hydrogen-bond donors (Lipinski definition) is 2. The lowest BCUT2D eigenvalue weighted by atomic mass is 10.1. The number of rotatable bonds is 5. The average molecular weight is 251 g/mol. The number of phenolic OH excluding ortho intramolecular Hbond substituents is 1. The van der Waals surface area contributed by atoms with Gasteiger partial charge in [-0.3, -0.25) is 0 Å². The van der Waals surface area contributed by atoms with Gasteiger partial charge in [-0.25, -0.2) is 0 Å². The Kier molecular flexibility index (Phi) is 4.84. The Balaban J connectivity index is 1.79. The molecule has 1 heterocycles. The van der Waals surface area contributed by atoms with Crippen molar-refractivity contribution in [2.45, 2.75) is 31.9 Å². The van der Waals surface area contributed by atoms with Gasteiger partial charge in [0.1, 0.15) is 0 Å². The first-order valence-electron chi connectivity index (χ1n) is 6.48. The second-order valence-electron chi connectivity index (χ2n) is 4.63. The van der Waals surface area contributed by atoms with E-state index in [0.29, 0.717) is 11.9 Å². The van der Waals surface area contributed by atoms with Gasteiger partial charge in [0, 0.05) is 19.7 Å². The Labute approximate surface area is 108 Å². The molecule has 0 radical (unpaired) electrons. The van der Waals surface area contributed by atoms with Crippen LogP contribution in [0.5, 0.6) is 11.5 Å². The lowest BCUT2D eigenvalue weighted by Crippen LogP contribution is -2.31. The third-order valence-electron chi connectivity index (χ3n) is 3.22. The van der Waals surface area contributed by atoms with E-state index >= 15 is 0 Å². The third-order valence-corrected chi connectivity index (χ3v) is 3.22. The van der Waals surface area contributed by atoms with Crippen LogP contribution in [0.1, 0.15) is 24.8 Å². The van der Waals surface area contributed by atoms with Gasteiger partial charge in [-0.05, 0) is 37.0 Å². The van der Waals surface area contributed by atoms with E-state index in [0.717, 1.165) is 31.7 Å². The van der Waals surface area contributed by atoms with E-state index in [1.807, 2.05) is 12.1 Å². The van der Waals surface area contributed by atoms with Crippen molar-refractivity contribution in [3.8, 4) is 11.5 Å². The molecule has 1 aliphatic heterocycles. The number of ether oxygens (including phenoxy) is 2. The van der Waals surface area contributed by atoms with Crippen LogP contribution in [0, 0.1) is 0 Å². The van der Waals surface area contributed by atoms with E-state index in [-0.39, 0.29) is 5.75 Å². The number of hydrogen-bond acceptors (Lipinski definition) is 4. The molecule has 0 aromatic heterocycles. The molecule has 0 spiro atoms. The van der Waals surface area contributed by atoms with Crippen molar-refractivity contribution < 1.29 is 14.6 Å². The largest absolute Gasteiger partial charge is 0.504 e. The van der Waals surface area contributed by atoms with Gasteiger partial charge in [0.05, 0.1) is 13.2 Å². The van der Waals surface area contributed by atoms with Crippen LogP contribution in [0.2, 0.25) is 0 Å². The molecule has 0 aliphatic carbocycles. The topological polar surface area (TPSA) is 50.7 Å². The fourth-order valence-corrected chi connectivity index (χ4v) is 2.18. The summed E-state index contributed by atoms with van der Waals surface area (Å²) >= 11 is 0. The summed E-state index contributed by atoms with van der Waals surface area (Å²) in [4.78, 5) is 0. The Hall–Kier alpha value is -1.26. The minimum absolute atomic E-state index is 0.178. The van der Waals surface area contributed by atoms with Crippen molar-refractivity contribution in [1.29, 1.82) is 0 Å². The van der Waals surface area contributed by atoms with Gasteiger partial charge in [0.25, 0.3) is 0 Å². The Morgan fingerprint density at radius 3 is 3.06 bits per heavy atom. The Bertz CT molecular complexity index is 375. The highest BCUT2D eigenvalue weighted by atomic mass is 16.5. The molecule has 1 aromatic carbocycles. The van der Waals surface area contributed by atoms with Crippen molar-refractivity contribution in [1.82, 2.24) is 5.32 Å². The quantitative estimate of drug-likeness (QED) is 0.841. The summed E-state index contributed by atoms with van der Waals surface area (Å²) in [6, 6.07) is 5.41. The number of phenols is 1. The fourth-order valence-electron chi connectivity index (χ4n) is 2.18. The number of aromatic hydroxyl groups is 1. The lowest BCUT2D eigenvalue weighted by molar-refractivity contribution is 0.0168. The highest BCUT2D eigenvalue weighted by molar-refractivity contribution is 5.41. The van der Waals surface area contributed by atoms with Gasteiger partial charge in [-0.2, -0.15) is 0 Å². The molecule has 1 unspecified atom stereocenters. The molecule has 100 valence electrons. The lowest BCUT2D eigenvalue weighted by Gasteiger charge is -2.22. The maximum absolute atomic E-state index is 9.50. The van der Waals surface area contributed by atoms with Crippen molar-refractivity contribution >= 4 is 0 Å². The first-order chi connectivity index (χ1) is 8.79. The molecule has 4 heteroatoms. The van der Waals surface area contributed by atoms with Crippen LogP contribution in [0.4, 0.5) is 0 Å². The van der Waals surface area contributed by atoms with E-state index in [2.05, 4.69) is 5.32 Å². The fraction of sp³-hybridized carbons (Fsp3) is 0.571. The summed E-state index contributed by atoms with van der Waals surface area (Å²) < 4.78 is 10.7. The Morgan fingerprint density at radius 1 is 1.44 bits per heavy atom. The van der Waals surface area contributed by atoms with Gasteiger partial charge in [-0.1, -0.05) is 6.07 Å². The molecule has 18 heavy (non-hydrogen) atoms. The van der Waals surface area contributed by atoms with E-state index in [1.54, 1.807) is 13.2 Å². The number of nitrogens with one attached hydrogen (secondary N) is 1. The van der Waals surface area contributed by atoms with Crippen LogP contribution in [0.3, 0.4) is 0 Å². The third kappa shape index (κ3) is 3.62. The summed E-state index contributed by atoms with van der Waals surface area (Å²) in [5.74, 6) is 0.695. The molecule has 1 saturated heterocycles. The van der Waals surface area contributed by atoms with Crippen molar-refractivity contribution in [3.63, 3.8) is 0 Å². The molecular formula is C14H21NO3. The van der Waals surface area contributed by atoms with Gasteiger partial charge in [0.15, 0.2) is 11.5 Å². The normalized spacial score (nSPS) is 19.7. The molecule has 0 amide bonds. The van der Waals surface area contributed by atoms with Gasteiger partial charge >= 0.3 is 0 Å². The molecule has 0 saturated carbocycles. The van der Waals surface area contributed by atoms with Crippen molar-refractivity contribution in [2.75, 3.05) is 20.3 Å². The monoisotopic (exact) mass is 251 g/mol. The zero-order chi connectivity index (χ0) is 12.8. The van der Waals surface area contributed by atoms with E-state index in [4.69, 9.17) is 9.47 Å². The predicted octanol–water partition coefficient (Wildman–Crippen LogP) is 2.06. The highest BCUT2D eigenvalue weighted by Gasteiger charge is 2.12. The van der Waals surface area contributed by atoms with E-state index in [1.165, 1.54) is 12.8 Å². The first-order valence-corrected chi connectivity index (χ1v) is 6.48. The SMILES string of the molecule is COc1cc(CNCC2CCCCO2)ccc1O. The molecule has 4 nitrogen and oxygen atoms in total. The standard InChI is InChI=1S/C14H21NO3/c1-17-14-8-11(5-6-13(14)16)9-15-10-12-4-2-3-7-18-12/h5-6,8,12,15-16H,2-4,7,9-10H2,1H3. The zero-order valence-electron chi connectivity index (χ0n) is 10.8. The zero-order valence-corrected chi connectivity index (χ0v) is 10.8. The van der Waals surface area contributed by atoms with Gasteiger partial charge < -0.3 is 19.9 Å². The van der Waals surface area contributed by atoms with Crippen LogP contribution in [0.25, 0.3) is 0 Å². The second kappa shape index (κ2) is 6.61. The number of benzene rings is 1. The smallest absolute Gasteiger partial charge is 0.160 e. The van der Waals surface area contributed by atoms with Crippen molar-refractivity contribution in [2.24, 2.45) is 0 Å². The van der Waals surface area contributed by atoms with Crippen LogP contribution in [-0.4, -0.2) is 31.5 Å². The summed E-state index contributed by atoms with van der Waals surface area (Å²) in [6.45, 7) is 2.53. The van der Waals surface area contributed by atoms with Gasteiger partial charge in [-0.15, -0.1) is 0 Å². The van der Waals surface area contributed by atoms with Gasteiger partial charge in [0.2, 0.25) is 0 Å². The van der Waals surface area contributed by atoms with Crippen molar-refractivity contribution in [3.05, 3.63) is 23.8 Å². The first kappa shape index (κ1) is 13.2. The minimum Gasteiger partial charge on any atom is -0.504 e. The summed E-state index contributed by atoms with van der Waals surface area (Å²) in [7, 11) is 1.56.